The number of para-hydroxylation sites is 1. The van der Waals surface area contributed by atoms with Crippen LogP contribution in [0, 0.1) is 0 Å². The fourth-order valence-electron chi connectivity index (χ4n) is 2.93. The van der Waals surface area contributed by atoms with Crippen LogP contribution in [0.3, 0.4) is 0 Å². The molecular formula is C17H13NO. The van der Waals surface area contributed by atoms with Gasteiger partial charge in [0.25, 0.3) is 0 Å². The molecular weight excluding hydrogens is 234 g/mol. The SMILES string of the molecule is C=Cc1coc2c1ccc1c3ccccc3n(C)c12. The minimum Gasteiger partial charge on any atom is -0.461 e. The smallest absolute Gasteiger partial charge is 0.158 e. The van der Waals surface area contributed by atoms with Gasteiger partial charge < -0.3 is 8.98 Å². The summed E-state index contributed by atoms with van der Waals surface area (Å²) in [6, 6.07) is 12.7. The number of rotatable bonds is 1. The summed E-state index contributed by atoms with van der Waals surface area (Å²) < 4.78 is 7.97. The molecule has 92 valence electrons. The van der Waals surface area contributed by atoms with Gasteiger partial charge in [0.2, 0.25) is 0 Å². The predicted octanol–water partition coefficient (Wildman–Crippen LogP) is 4.72. The quantitative estimate of drug-likeness (QED) is 0.476. The molecule has 19 heavy (non-hydrogen) atoms. The molecule has 0 radical (unpaired) electrons. The Hall–Kier alpha value is -2.48. The van der Waals surface area contributed by atoms with Gasteiger partial charge in [0.15, 0.2) is 5.58 Å². The predicted molar refractivity (Wildman–Crippen MR) is 80.3 cm³/mol. The Labute approximate surface area is 110 Å². The third kappa shape index (κ3) is 1.21. The molecule has 2 heterocycles. The second-order valence-corrected chi connectivity index (χ2v) is 4.81. The number of fused-ring (bicyclic) bond motifs is 5. The number of benzene rings is 2. The maximum Gasteiger partial charge on any atom is 0.158 e. The molecule has 4 rings (SSSR count). The minimum atomic E-state index is 0.936. The Morgan fingerprint density at radius 3 is 2.68 bits per heavy atom. The van der Waals surface area contributed by atoms with Crippen LogP contribution < -0.4 is 0 Å². The fraction of sp³-hybridized carbons (Fsp3) is 0.0588. The fourth-order valence-corrected chi connectivity index (χ4v) is 2.93. The number of nitrogens with zero attached hydrogens (tertiary/aromatic N) is 1. The summed E-state index contributed by atoms with van der Waals surface area (Å²) in [6.07, 6.45) is 3.61. The summed E-state index contributed by atoms with van der Waals surface area (Å²) >= 11 is 0. The topological polar surface area (TPSA) is 18.1 Å². The molecule has 0 amide bonds. The number of hydrogen-bond acceptors (Lipinski definition) is 1. The van der Waals surface area contributed by atoms with Crippen molar-refractivity contribution < 1.29 is 4.42 Å². The highest BCUT2D eigenvalue weighted by molar-refractivity contribution is 6.16. The van der Waals surface area contributed by atoms with Gasteiger partial charge in [-0.05, 0) is 12.1 Å². The van der Waals surface area contributed by atoms with Crippen molar-refractivity contribution in [1.29, 1.82) is 0 Å². The van der Waals surface area contributed by atoms with Crippen LogP contribution in [0.1, 0.15) is 5.56 Å². The van der Waals surface area contributed by atoms with E-state index < -0.39 is 0 Å². The lowest BCUT2D eigenvalue weighted by molar-refractivity contribution is 0.616. The molecule has 0 aliphatic heterocycles. The summed E-state index contributed by atoms with van der Waals surface area (Å²) in [5.74, 6) is 0. The average molecular weight is 247 g/mol. The largest absolute Gasteiger partial charge is 0.461 e. The Morgan fingerprint density at radius 1 is 1.05 bits per heavy atom. The highest BCUT2D eigenvalue weighted by atomic mass is 16.3. The van der Waals surface area contributed by atoms with Crippen molar-refractivity contribution in [2.75, 3.05) is 0 Å². The monoisotopic (exact) mass is 247 g/mol. The molecule has 0 atom stereocenters. The van der Waals surface area contributed by atoms with Crippen LogP contribution in [-0.4, -0.2) is 4.57 Å². The molecule has 0 saturated heterocycles. The molecule has 0 N–H and O–H groups in total. The van der Waals surface area contributed by atoms with Gasteiger partial charge in [0.05, 0.1) is 11.8 Å². The van der Waals surface area contributed by atoms with E-state index in [1.807, 2.05) is 6.08 Å². The van der Waals surface area contributed by atoms with Crippen molar-refractivity contribution >= 4 is 38.9 Å². The number of hydrogen-bond donors (Lipinski definition) is 0. The van der Waals surface area contributed by atoms with E-state index in [2.05, 4.69) is 54.6 Å². The van der Waals surface area contributed by atoms with Crippen LogP contribution in [0.2, 0.25) is 0 Å². The van der Waals surface area contributed by atoms with Crippen molar-refractivity contribution in [2.24, 2.45) is 7.05 Å². The first-order valence-electron chi connectivity index (χ1n) is 6.31. The zero-order chi connectivity index (χ0) is 13.0. The first kappa shape index (κ1) is 10.4. The van der Waals surface area contributed by atoms with Gasteiger partial charge in [-0.15, -0.1) is 0 Å². The van der Waals surface area contributed by atoms with Crippen LogP contribution in [-0.2, 0) is 7.05 Å². The van der Waals surface area contributed by atoms with Crippen LogP contribution in [0.4, 0.5) is 0 Å². The highest BCUT2D eigenvalue weighted by Crippen LogP contribution is 2.35. The maximum atomic E-state index is 5.77. The third-order valence-corrected chi connectivity index (χ3v) is 3.86. The van der Waals surface area contributed by atoms with Gasteiger partial charge in [0, 0.05) is 34.3 Å². The van der Waals surface area contributed by atoms with Crippen molar-refractivity contribution in [1.82, 2.24) is 4.57 Å². The lowest BCUT2D eigenvalue weighted by Crippen LogP contribution is -1.86. The number of aromatic nitrogens is 1. The van der Waals surface area contributed by atoms with Gasteiger partial charge >= 0.3 is 0 Å². The lowest BCUT2D eigenvalue weighted by atomic mass is 10.1. The minimum absolute atomic E-state index is 0.936. The normalized spacial score (nSPS) is 11.6. The molecule has 2 aromatic heterocycles. The first-order chi connectivity index (χ1) is 9.31. The van der Waals surface area contributed by atoms with E-state index >= 15 is 0 Å². The third-order valence-electron chi connectivity index (χ3n) is 3.86. The molecule has 2 aromatic carbocycles. The van der Waals surface area contributed by atoms with E-state index in [0.29, 0.717) is 0 Å². The Balaban J connectivity index is 2.34. The van der Waals surface area contributed by atoms with Crippen molar-refractivity contribution in [3.8, 4) is 0 Å². The molecule has 2 nitrogen and oxygen atoms in total. The standard InChI is InChI=1S/C17H13NO/c1-3-11-10-19-17-12(11)8-9-14-13-6-4-5-7-15(13)18(2)16(14)17/h3-10H,1H2,2H3. The van der Waals surface area contributed by atoms with E-state index in [9.17, 15) is 0 Å². The molecule has 0 unspecified atom stereocenters. The molecule has 0 aliphatic carbocycles. The van der Waals surface area contributed by atoms with E-state index in [1.54, 1.807) is 6.26 Å². The van der Waals surface area contributed by atoms with E-state index in [0.717, 1.165) is 22.0 Å². The van der Waals surface area contributed by atoms with Crippen molar-refractivity contribution in [2.45, 2.75) is 0 Å². The number of aryl methyl sites for hydroxylation is 1. The molecule has 0 saturated carbocycles. The highest BCUT2D eigenvalue weighted by Gasteiger charge is 2.14. The van der Waals surface area contributed by atoms with Gasteiger partial charge in [-0.25, -0.2) is 0 Å². The number of furan rings is 1. The summed E-state index contributed by atoms with van der Waals surface area (Å²) in [4.78, 5) is 0. The van der Waals surface area contributed by atoms with Gasteiger partial charge in [0.1, 0.15) is 0 Å². The van der Waals surface area contributed by atoms with Crippen molar-refractivity contribution in [3.05, 3.63) is 54.8 Å². The first-order valence-corrected chi connectivity index (χ1v) is 6.31. The zero-order valence-electron chi connectivity index (χ0n) is 10.7. The molecule has 4 aromatic rings. The molecule has 0 spiro atoms. The summed E-state index contributed by atoms with van der Waals surface area (Å²) in [5, 5.41) is 3.61. The van der Waals surface area contributed by atoms with Gasteiger partial charge in [-0.3, -0.25) is 0 Å². The maximum absolute atomic E-state index is 5.77. The zero-order valence-corrected chi connectivity index (χ0v) is 10.7. The summed E-state index contributed by atoms with van der Waals surface area (Å²) in [5.41, 5.74) is 4.35. The van der Waals surface area contributed by atoms with Crippen LogP contribution >= 0.6 is 0 Å². The van der Waals surface area contributed by atoms with Crippen molar-refractivity contribution in [3.63, 3.8) is 0 Å². The summed E-state index contributed by atoms with van der Waals surface area (Å²) in [6.45, 7) is 3.83. The van der Waals surface area contributed by atoms with Crippen LogP contribution in [0.15, 0.2) is 53.7 Å². The summed E-state index contributed by atoms with van der Waals surface area (Å²) in [7, 11) is 2.08. The molecule has 0 fully saturated rings. The second kappa shape index (κ2) is 3.51. The molecule has 2 heteroatoms. The van der Waals surface area contributed by atoms with E-state index in [-0.39, 0.29) is 0 Å². The van der Waals surface area contributed by atoms with E-state index in [1.165, 1.54) is 16.3 Å². The second-order valence-electron chi connectivity index (χ2n) is 4.81. The van der Waals surface area contributed by atoms with Crippen LogP contribution in [0.25, 0.3) is 38.9 Å². The Morgan fingerprint density at radius 2 is 1.84 bits per heavy atom. The van der Waals surface area contributed by atoms with Gasteiger partial charge in [-0.2, -0.15) is 0 Å². The Bertz CT molecular complexity index is 940. The average Bonchev–Trinajstić information content (AvgIpc) is 2.99. The molecule has 0 aliphatic rings. The lowest BCUT2D eigenvalue weighted by Gasteiger charge is -1.98. The Kier molecular flexibility index (Phi) is 1.93. The van der Waals surface area contributed by atoms with E-state index in [4.69, 9.17) is 4.42 Å². The van der Waals surface area contributed by atoms with Crippen LogP contribution in [0.5, 0.6) is 0 Å². The molecule has 0 bridgehead atoms. The van der Waals surface area contributed by atoms with Gasteiger partial charge in [-0.1, -0.05) is 36.9 Å².